The number of ketones is 2. The van der Waals surface area contributed by atoms with Crippen LogP contribution in [-0.2, 0) is 46.6 Å². The highest BCUT2D eigenvalue weighted by molar-refractivity contribution is 7.89. The largest absolute Gasteiger partial charge is 0.345 e. The van der Waals surface area contributed by atoms with Crippen LogP contribution < -0.4 is 16.8 Å². The summed E-state index contributed by atoms with van der Waals surface area (Å²) in [5.74, 6) is -2.41. The fraction of sp³-hybridized carbons (Fsp3) is 0.531. The van der Waals surface area contributed by atoms with Crippen molar-refractivity contribution in [3.63, 3.8) is 0 Å². The zero-order chi connectivity index (χ0) is 34.2. The molecule has 0 aliphatic rings. The van der Waals surface area contributed by atoms with Gasteiger partial charge in [0.25, 0.3) is 0 Å². The summed E-state index contributed by atoms with van der Waals surface area (Å²) < 4.78 is 54.4. The lowest BCUT2D eigenvalue weighted by Crippen LogP contribution is -2.48. The van der Waals surface area contributed by atoms with E-state index in [0.717, 1.165) is 14.2 Å². The minimum Gasteiger partial charge on any atom is -0.345 e. The van der Waals surface area contributed by atoms with Gasteiger partial charge >= 0.3 is 0 Å². The van der Waals surface area contributed by atoms with Crippen LogP contribution in [0.25, 0.3) is 0 Å². The van der Waals surface area contributed by atoms with Crippen LogP contribution in [0.1, 0.15) is 50.7 Å². The van der Waals surface area contributed by atoms with E-state index in [-0.39, 0.29) is 62.1 Å². The molecule has 0 aliphatic heterocycles. The van der Waals surface area contributed by atoms with Crippen LogP contribution in [0.4, 0.5) is 0 Å². The summed E-state index contributed by atoms with van der Waals surface area (Å²) in [5, 5.41) is 2.72. The molecule has 0 radical (unpaired) electrons. The quantitative estimate of drug-likeness (QED) is 0.146. The molecule has 0 aliphatic carbocycles. The molecule has 5 N–H and O–H groups in total. The van der Waals surface area contributed by atoms with Gasteiger partial charge in [-0.25, -0.2) is 16.8 Å². The molecule has 2 atom stereocenters. The maximum Gasteiger partial charge on any atom is 0.235 e. The van der Waals surface area contributed by atoms with Crippen LogP contribution in [0.15, 0.2) is 60.7 Å². The van der Waals surface area contributed by atoms with Crippen molar-refractivity contribution in [2.45, 2.75) is 57.7 Å². The first-order valence-electron chi connectivity index (χ1n) is 15.6. The molecule has 0 saturated heterocycles. The van der Waals surface area contributed by atoms with Gasteiger partial charge < -0.3 is 16.8 Å². The standard InChI is InChI=1S/C32H49N5O7S2/c1-3-36(45(41,42)19-18-34)24-32(40)35-30(16-10-11-17-33)31(39)21-29(20-27-12-6-4-7-13-27)23-37(22-26(2)38)46(43,44)25-28-14-8-5-9-15-28/h4-9,12-15,29-30H,3,10-11,16-25,33-34H2,1-2H3,(H,35,40)/t29-,30+/m1/s1. The second-order valence-corrected chi connectivity index (χ2v) is 15.5. The number of Topliss-reactive ketones (excluding diaryl/α,β-unsaturated/α-hetero) is 2. The second kappa shape index (κ2) is 19.6. The van der Waals surface area contributed by atoms with Crippen LogP contribution in [0.2, 0.25) is 0 Å². The number of benzene rings is 2. The lowest BCUT2D eigenvalue weighted by molar-refractivity contribution is -0.128. The first-order valence-corrected chi connectivity index (χ1v) is 18.8. The number of hydrogen-bond donors (Lipinski definition) is 3. The molecule has 0 fully saturated rings. The van der Waals surface area contributed by atoms with E-state index >= 15 is 0 Å². The fourth-order valence-corrected chi connectivity index (χ4v) is 8.03. The van der Waals surface area contributed by atoms with Gasteiger partial charge in [0.15, 0.2) is 5.78 Å². The number of amides is 1. The Labute approximate surface area is 274 Å². The molecule has 12 nitrogen and oxygen atoms in total. The number of sulfonamides is 2. The summed E-state index contributed by atoms with van der Waals surface area (Å²) in [7, 11) is -7.69. The number of nitrogens with zero attached hydrogens (tertiary/aromatic N) is 2. The van der Waals surface area contributed by atoms with Crippen LogP contribution in [-0.4, -0.2) is 94.0 Å². The zero-order valence-electron chi connectivity index (χ0n) is 26.8. The van der Waals surface area contributed by atoms with Gasteiger partial charge in [0.1, 0.15) is 5.78 Å². The Morgan fingerprint density at radius 1 is 0.804 bits per heavy atom. The average Bonchev–Trinajstić information content (AvgIpc) is 2.99. The van der Waals surface area contributed by atoms with E-state index in [1.165, 1.54) is 6.92 Å². The Hall–Kier alpha value is -3.01. The summed E-state index contributed by atoms with van der Waals surface area (Å²) in [4.78, 5) is 39.1. The van der Waals surface area contributed by atoms with Gasteiger partial charge in [0.05, 0.1) is 30.6 Å². The normalized spacial score (nSPS) is 13.4. The summed E-state index contributed by atoms with van der Waals surface area (Å²) in [6.07, 6.45) is 1.71. The van der Waals surface area contributed by atoms with Crippen LogP contribution in [0, 0.1) is 5.92 Å². The van der Waals surface area contributed by atoms with E-state index < -0.39 is 44.5 Å². The highest BCUT2D eigenvalue weighted by Gasteiger charge is 2.31. The van der Waals surface area contributed by atoms with Crippen molar-refractivity contribution in [2.24, 2.45) is 17.4 Å². The van der Waals surface area contributed by atoms with Crippen LogP contribution in [0.5, 0.6) is 0 Å². The second-order valence-electron chi connectivity index (χ2n) is 11.4. The minimum atomic E-state index is -3.94. The van der Waals surface area contributed by atoms with Crippen molar-refractivity contribution in [3.05, 3.63) is 71.8 Å². The average molecular weight is 680 g/mol. The molecule has 46 heavy (non-hydrogen) atoms. The Balaban J connectivity index is 2.34. The van der Waals surface area contributed by atoms with Gasteiger partial charge in [-0.3, -0.25) is 14.4 Å². The molecule has 0 heterocycles. The van der Waals surface area contributed by atoms with Gasteiger partial charge in [0.2, 0.25) is 26.0 Å². The highest BCUT2D eigenvalue weighted by Crippen LogP contribution is 2.21. The van der Waals surface area contributed by atoms with E-state index in [1.54, 1.807) is 37.3 Å². The first-order chi connectivity index (χ1) is 21.8. The first kappa shape index (κ1) is 39.2. The molecule has 2 aromatic carbocycles. The van der Waals surface area contributed by atoms with Crippen LogP contribution >= 0.6 is 0 Å². The SMILES string of the molecule is CCN(CC(=O)N[C@@H](CCCCN)C(=O)C[C@@H](Cc1ccccc1)CN(CC(C)=O)S(=O)(=O)Cc1ccccc1)S(=O)(=O)CCN. The highest BCUT2D eigenvalue weighted by atomic mass is 32.2. The molecule has 0 unspecified atom stereocenters. The lowest BCUT2D eigenvalue weighted by Gasteiger charge is -2.28. The van der Waals surface area contributed by atoms with Crippen molar-refractivity contribution in [1.82, 2.24) is 13.9 Å². The molecule has 14 heteroatoms. The number of nitrogens with one attached hydrogen (secondary N) is 1. The Kier molecular flexibility index (Phi) is 16.7. The third kappa shape index (κ3) is 13.8. The van der Waals surface area contributed by atoms with E-state index in [2.05, 4.69) is 5.32 Å². The monoisotopic (exact) mass is 679 g/mol. The molecular formula is C32H49N5O7S2. The maximum absolute atomic E-state index is 13.8. The molecule has 0 saturated carbocycles. The van der Waals surface area contributed by atoms with Gasteiger partial charge in [-0.15, -0.1) is 0 Å². The van der Waals surface area contributed by atoms with Gasteiger partial charge in [-0.1, -0.05) is 67.6 Å². The molecule has 2 aromatic rings. The van der Waals surface area contributed by atoms with Crippen molar-refractivity contribution in [1.29, 1.82) is 0 Å². The van der Waals surface area contributed by atoms with Crippen molar-refractivity contribution >= 4 is 37.5 Å². The third-order valence-electron chi connectivity index (χ3n) is 7.42. The molecular weight excluding hydrogens is 631 g/mol. The smallest absolute Gasteiger partial charge is 0.235 e. The number of hydrogen-bond acceptors (Lipinski definition) is 9. The zero-order valence-corrected chi connectivity index (χ0v) is 28.5. The van der Waals surface area contributed by atoms with E-state index in [4.69, 9.17) is 11.5 Å². The van der Waals surface area contributed by atoms with Crippen LogP contribution in [0.3, 0.4) is 0 Å². The molecule has 0 spiro atoms. The summed E-state index contributed by atoms with van der Waals surface area (Å²) in [6.45, 7) is 2.41. The molecule has 256 valence electrons. The molecule has 0 aromatic heterocycles. The maximum atomic E-state index is 13.8. The van der Waals surface area contributed by atoms with E-state index in [9.17, 15) is 31.2 Å². The number of likely N-dealkylation sites (N-methyl/N-ethyl adjacent to an activating group) is 1. The van der Waals surface area contributed by atoms with Gasteiger partial charge in [0, 0.05) is 26.1 Å². The fourth-order valence-electron chi connectivity index (χ4n) is 5.16. The minimum absolute atomic E-state index is 0.0597. The third-order valence-corrected chi connectivity index (χ3v) is 11.1. The predicted octanol–water partition coefficient (Wildman–Crippen LogP) is 1.45. The Morgan fingerprint density at radius 3 is 1.96 bits per heavy atom. The Bertz CT molecular complexity index is 1460. The number of nitrogens with two attached hydrogens (primary N) is 2. The molecule has 2 rings (SSSR count). The topological polar surface area (TPSA) is 190 Å². The van der Waals surface area contributed by atoms with Crippen molar-refractivity contribution in [2.75, 3.05) is 45.0 Å². The Morgan fingerprint density at radius 2 is 1.41 bits per heavy atom. The summed E-state index contributed by atoms with van der Waals surface area (Å²) in [5.41, 5.74) is 12.6. The van der Waals surface area contributed by atoms with Gasteiger partial charge in [-0.05, 0) is 56.2 Å². The predicted molar refractivity (Wildman–Crippen MR) is 180 cm³/mol. The van der Waals surface area contributed by atoms with E-state index in [0.29, 0.717) is 31.4 Å². The number of carbonyl (C=O) groups is 3. The van der Waals surface area contributed by atoms with Gasteiger partial charge in [-0.2, -0.15) is 8.61 Å². The van der Waals surface area contributed by atoms with Crippen molar-refractivity contribution in [3.8, 4) is 0 Å². The molecule has 1 amide bonds. The molecule has 0 bridgehead atoms. The summed E-state index contributed by atoms with van der Waals surface area (Å²) in [6, 6.07) is 17.0. The number of carbonyl (C=O) groups excluding carboxylic acids is 3. The number of unbranched alkanes of at least 4 members (excludes halogenated alkanes) is 1. The van der Waals surface area contributed by atoms with E-state index in [1.807, 2.05) is 30.3 Å². The number of rotatable bonds is 23. The summed E-state index contributed by atoms with van der Waals surface area (Å²) >= 11 is 0. The van der Waals surface area contributed by atoms with Crippen molar-refractivity contribution < 1.29 is 31.2 Å². The lowest BCUT2D eigenvalue weighted by atomic mass is 9.90.